The number of likely N-dealkylation sites (N-methyl/N-ethyl adjacent to an activating group) is 1. The van der Waals surface area contributed by atoms with Crippen LogP contribution in [-0.4, -0.2) is 45.0 Å². The van der Waals surface area contributed by atoms with Crippen LogP contribution < -0.4 is 11.3 Å². The third-order valence-electron chi connectivity index (χ3n) is 2.20. The summed E-state index contributed by atoms with van der Waals surface area (Å²) in [7, 11) is -0.518. The van der Waals surface area contributed by atoms with E-state index in [4.69, 9.17) is 10.6 Å². The minimum atomic E-state index is -3.53. The maximum absolute atomic E-state index is 12.1. The van der Waals surface area contributed by atoms with Gasteiger partial charge in [0, 0.05) is 33.0 Å². The predicted octanol–water partition coefficient (Wildman–Crippen LogP) is -0.366. The zero-order valence-electron chi connectivity index (χ0n) is 9.75. The van der Waals surface area contributed by atoms with Crippen molar-refractivity contribution in [2.45, 2.75) is 4.90 Å². The summed E-state index contributed by atoms with van der Waals surface area (Å²) in [5, 5.41) is 0. The molecule has 1 aromatic heterocycles. The summed E-state index contributed by atoms with van der Waals surface area (Å²) < 4.78 is 30.2. The van der Waals surface area contributed by atoms with Crippen molar-refractivity contribution in [2.24, 2.45) is 5.84 Å². The first kappa shape index (κ1) is 13.8. The van der Waals surface area contributed by atoms with Gasteiger partial charge in [-0.05, 0) is 6.07 Å². The molecule has 0 unspecified atom stereocenters. The fourth-order valence-corrected chi connectivity index (χ4v) is 2.34. The Bertz CT molecular complexity index is 463. The van der Waals surface area contributed by atoms with Crippen LogP contribution in [0.4, 0.5) is 5.82 Å². The number of ether oxygens (including phenoxy) is 1. The van der Waals surface area contributed by atoms with Crippen LogP contribution in [0.1, 0.15) is 0 Å². The van der Waals surface area contributed by atoms with E-state index in [2.05, 4.69) is 10.4 Å². The third kappa shape index (κ3) is 3.37. The molecule has 0 atom stereocenters. The first-order chi connectivity index (χ1) is 8.02. The zero-order chi connectivity index (χ0) is 12.9. The fourth-order valence-electron chi connectivity index (χ4n) is 1.17. The van der Waals surface area contributed by atoms with E-state index in [1.807, 2.05) is 0 Å². The molecule has 0 saturated heterocycles. The van der Waals surface area contributed by atoms with Gasteiger partial charge in [0.15, 0.2) is 0 Å². The number of aromatic nitrogens is 1. The van der Waals surface area contributed by atoms with Crippen LogP contribution in [0.5, 0.6) is 0 Å². The summed E-state index contributed by atoms with van der Waals surface area (Å²) in [5.74, 6) is 5.47. The molecule has 0 amide bonds. The second kappa shape index (κ2) is 5.92. The van der Waals surface area contributed by atoms with Gasteiger partial charge < -0.3 is 10.2 Å². The molecule has 96 valence electrons. The Morgan fingerprint density at radius 2 is 2.29 bits per heavy atom. The van der Waals surface area contributed by atoms with Gasteiger partial charge in [0.05, 0.1) is 11.5 Å². The molecule has 0 saturated carbocycles. The number of rotatable bonds is 6. The second-order valence-electron chi connectivity index (χ2n) is 3.34. The van der Waals surface area contributed by atoms with Crippen molar-refractivity contribution in [3.63, 3.8) is 0 Å². The van der Waals surface area contributed by atoms with Gasteiger partial charge in [0.25, 0.3) is 0 Å². The summed E-state index contributed by atoms with van der Waals surface area (Å²) >= 11 is 0. The minimum absolute atomic E-state index is 0.138. The van der Waals surface area contributed by atoms with Crippen LogP contribution in [-0.2, 0) is 14.8 Å². The van der Waals surface area contributed by atoms with Gasteiger partial charge in [0.1, 0.15) is 5.82 Å². The van der Waals surface area contributed by atoms with Gasteiger partial charge in [-0.25, -0.2) is 19.2 Å². The Kier molecular flexibility index (Phi) is 4.82. The van der Waals surface area contributed by atoms with Crippen molar-refractivity contribution in [3.8, 4) is 0 Å². The Morgan fingerprint density at radius 1 is 1.59 bits per heavy atom. The van der Waals surface area contributed by atoms with Crippen LogP contribution in [0.3, 0.4) is 0 Å². The van der Waals surface area contributed by atoms with E-state index in [1.165, 1.54) is 36.8 Å². The maximum atomic E-state index is 12.1. The minimum Gasteiger partial charge on any atom is -0.383 e. The van der Waals surface area contributed by atoms with Crippen molar-refractivity contribution in [1.29, 1.82) is 0 Å². The van der Waals surface area contributed by atoms with Crippen LogP contribution in [0, 0.1) is 0 Å². The molecule has 0 radical (unpaired) electrons. The summed E-state index contributed by atoms with van der Waals surface area (Å²) in [6.07, 6.45) is 1.38. The summed E-state index contributed by atoms with van der Waals surface area (Å²) in [5.41, 5.74) is 2.30. The molecule has 1 aromatic rings. The van der Waals surface area contributed by atoms with Gasteiger partial charge in [-0.3, -0.25) is 0 Å². The van der Waals surface area contributed by atoms with Crippen LogP contribution in [0.15, 0.2) is 23.2 Å². The Hall–Kier alpha value is -1.22. The molecule has 1 rings (SSSR count). The number of nitrogens with two attached hydrogens (primary N) is 1. The van der Waals surface area contributed by atoms with Crippen molar-refractivity contribution in [3.05, 3.63) is 18.3 Å². The van der Waals surface area contributed by atoms with E-state index in [1.54, 1.807) is 0 Å². The van der Waals surface area contributed by atoms with Gasteiger partial charge >= 0.3 is 0 Å². The number of pyridine rings is 1. The number of nitrogens with zero attached hydrogens (tertiary/aromatic N) is 2. The highest BCUT2D eigenvalue weighted by Crippen LogP contribution is 2.15. The van der Waals surface area contributed by atoms with Crippen molar-refractivity contribution >= 4 is 15.8 Å². The van der Waals surface area contributed by atoms with E-state index >= 15 is 0 Å². The molecule has 0 spiro atoms. The van der Waals surface area contributed by atoms with E-state index in [0.29, 0.717) is 12.4 Å². The smallest absolute Gasteiger partial charge is 0.243 e. The lowest BCUT2D eigenvalue weighted by molar-refractivity contribution is 0.185. The Balaban J connectivity index is 2.95. The molecule has 0 aliphatic rings. The number of nitrogens with one attached hydrogen (secondary N) is 1. The molecule has 0 bridgehead atoms. The monoisotopic (exact) mass is 260 g/mol. The van der Waals surface area contributed by atoms with Crippen molar-refractivity contribution < 1.29 is 13.2 Å². The number of anilines is 1. The number of hydrogen-bond donors (Lipinski definition) is 2. The molecule has 1 heterocycles. The molecule has 17 heavy (non-hydrogen) atoms. The summed E-state index contributed by atoms with van der Waals surface area (Å²) in [4.78, 5) is 3.99. The SMILES string of the molecule is COCCN(C)S(=O)(=O)c1ccnc(NN)c1. The first-order valence-corrected chi connectivity index (χ1v) is 6.34. The fraction of sp³-hybridized carbons (Fsp3) is 0.444. The average Bonchev–Trinajstić information content (AvgIpc) is 2.35. The lowest BCUT2D eigenvalue weighted by atomic mass is 10.5. The van der Waals surface area contributed by atoms with Gasteiger partial charge in [-0.1, -0.05) is 0 Å². The Labute approximate surface area is 101 Å². The highest BCUT2D eigenvalue weighted by Gasteiger charge is 2.20. The number of hydrogen-bond acceptors (Lipinski definition) is 6. The van der Waals surface area contributed by atoms with Crippen LogP contribution >= 0.6 is 0 Å². The standard InChI is InChI=1S/C9H16N4O3S/c1-13(5-6-16-2)17(14,15)8-3-4-11-9(7-8)12-10/h3-4,7H,5-6,10H2,1-2H3,(H,11,12). The lowest BCUT2D eigenvalue weighted by Crippen LogP contribution is -2.30. The molecule has 7 nitrogen and oxygen atoms in total. The topological polar surface area (TPSA) is 97.5 Å². The zero-order valence-corrected chi connectivity index (χ0v) is 10.6. The largest absolute Gasteiger partial charge is 0.383 e. The molecule has 0 aromatic carbocycles. The quantitative estimate of drug-likeness (QED) is 0.535. The van der Waals surface area contributed by atoms with E-state index in [0.717, 1.165) is 0 Å². The van der Waals surface area contributed by atoms with Crippen LogP contribution in [0.25, 0.3) is 0 Å². The molecule has 3 N–H and O–H groups in total. The molecule has 0 fully saturated rings. The Morgan fingerprint density at radius 3 is 2.88 bits per heavy atom. The second-order valence-corrected chi connectivity index (χ2v) is 5.39. The molecule has 0 aliphatic heterocycles. The van der Waals surface area contributed by atoms with Gasteiger partial charge in [-0.15, -0.1) is 0 Å². The molecular formula is C9H16N4O3S. The van der Waals surface area contributed by atoms with Crippen molar-refractivity contribution in [2.75, 3.05) is 32.7 Å². The maximum Gasteiger partial charge on any atom is 0.243 e. The highest BCUT2D eigenvalue weighted by molar-refractivity contribution is 7.89. The number of hydrazine groups is 1. The normalized spacial score (nSPS) is 11.8. The lowest BCUT2D eigenvalue weighted by Gasteiger charge is -2.16. The van der Waals surface area contributed by atoms with E-state index < -0.39 is 10.0 Å². The number of methoxy groups -OCH3 is 1. The molecule has 8 heteroatoms. The van der Waals surface area contributed by atoms with Gasteiger partial charge in [0.2, 0.25) is 10.0 Å². The van der Waals surface area contributed by atoms with E-state index in [-0.39, 0.29) is 11.4 Å². The van der Waals surface area contributed by atoms with E-state index in [9.17, 15) is 8.42 Å². The average molecular weight is 260 g/mol. The van der Waals surface area contributed by atoms with Crippen molar-refractivity contribution in [1.82, 2.24) is 9.29 Å². The summed E-state index contributed by atoms with van der Waals surface area (Å²) in [6, 6.07) is 2.79. The predicted molar refractivity (Wildman–Crippen MR) is 63.7 cm³/mol. The first-order valence-electron chi connectivity index (χ1n) is 4.90. The van der Waals surface area contributed by atoms with Crippen LogP contribution in [0.2, 0.25) is 0 Å². The molecular weight excluding hydrogens is 244 g/mol. The number of sulfonamides is 1. The highest BCUT2D eigenvalue weighted by atomic mass is 32.2. The van der Waals surface area contributed by atoms with Gasteiger partial charge in [-0.2, -0.15) is 4.31 Å². The summed E-state index contributed by atoms with van der Waals surface area (Å²) in [6.45, 7) is 0.620. The molecule has 0 aliphatic carbocycles. The number of nitrogen functional groups attached to an aromatic ring is 1. The third-order valence-corrected chi connectivity index (χ3v) is 4.05.